The Bertz CT molecular complexity index is 1670. The second-order valence-corrected chi connectivity index (χ2v) is 8.96. The SMILES string of the molecule is COc1ccc(Nc2ncnc3c2C(c2ccc(OC)c(OC)c2OC)c2ccc4ccccc4c2O3)cc1. The fraction of sp³-hybridized carbons (Fsp3) is 0.161. The zero-order valence-electron chi connectivity index (χ0n) is 22.0. The zero-order valence-corrected chi connectivity index (χ0v) is 22.0. The summed E-state index contributed by atoms with van der Waals surface area (Å²) in [4.78, 5) is 9.21. The highest BCUT2D eigenvalue weighted by molar-refractivity contribution is 5.91. The Morgan fingerprint density at radius 1 is 0.718 bits per heavy atom. The van der Waals surface area contributed by atoms with Gasteiger partial charge >= 0.3 is 0 Å². The normalized spacial score (nSPS) is 13.6. The molecule has 0 aliphatic carbocycles. The molecule has 196 valence electrons. The highest BCUT2D eigenvalue weighted by Crippen LogP contribution is 2.55. The Kier molecular flexibility index (Phi) is 6.28. The summed E-state index contributed by atoms with van der Waals surface area (Å²) in [5.41, 5.74) is 3.45. The number of anilines is 2. The summed E-state index contributed by atoms with van der Waals surface area (Å²) in [5.74, 6) is 3.90. The van der Waals surface area contributed by atoms with E-state index in [1.165, 1.54) is 6.33 Å². The lowest BCUT2D eigenvalue weighted by Gasteiger charge is -2.31. The number of ether oxygens (including phenoxy) is 5. The molecule has 1 atom stereocenters. The first-order valence-corrected chi connectivity index (χ1v) is 12.4. The molecule has 0 bridgehead atoms. The number of aromatic nitrogens is 2. The predicted molar refractivity (Wildman–Crippen MR) is 149 cm³/mol. The van der Waals surface area contributed by atoms with Crippen LogP contribution in [0.25, 0.3) is 10.8 Å². The topological polar surface area (TPSA) is 84.0 Å². The van der Waals surface area contributed by atoms with Crippen LogP contribution in [0.2, 0.25) is 0 Å². The van der Waals surface area contributed by atoms with Crippen LogP contribution in [0.5, 0.6) is 34.6 Å². The Morgan fingerprint density at radius 3 is 2.23 bits per heavy atom. The van der Waals surface area contributed by atoms with Crippen LogP contribution in [0.15, 0.2) is 79.1 Å². The van der Waals surface area contributed by atoms with Crippen LogP contribution in [0.3, 0.4) is 0 Å². The molecule has 1 aliphatic heterocycles. The van der Waals surface area contributed by atoms with E-state index in [1.807, 2.05) is 48.5 Å². The largest absolute Gasteiger partial charge is 0.497 e. The van der Waals surface area contributed by atoms with E-state index in [1.54, 1.807) is 28.4 Å². The number of fused-ring (bicyclic) bond motifs is 4. The lowest BCUT2D eigenvalue weighted by atomic mass is 9.81. The maximum Gasteiger partial charge on any atom is 0.228 e. The summed E-state index contributed by atoms with van der Waals surface area (Å²) in [6.07, 6.45) is 1.50. The van der Waals surface area contributed by atoms with Gasteiger partial charge in [0.25, 0.3) is 0 Å². The molecule has 0 spiro atoms. The van der Waals surface area contributed by atoms with Gasteiger partial charge in [-0.05, 0) is 35.7 Å². The van der Waals surface area contributed by atoms with Gasteiger partial charge in [-0.1, -0.05) is 42.5 Å². The van der Waals surface area contributed by atoms with E-state index in [9.17, 15) is 0 Å². The molecule has 8 heteroatoms. The number of nitrogens with zero attached hydrogens (tertiary/aromatic N) is 2. The molecule has 1 aliphatic rings. The number of rotatable bonds is 7. The van der Waals surface area contributed by atoms with Crippen LogP contribution in [-0.4, -0.2) is 38.4 Å². The Labute approximate surface area is 226 Å². The lowest BCUT2D eigenvalue weighted by molar-refractivity contribution is 0.321. The van der Waals surface area contributed by atoms with Crippen LogP contribution < -0.4 is 29.0 Å². The fourth-order valence-corrected chi connectivity index (χ4v) is 5.16. The smallest absolute Gasteiger partial charge is 0.228 e. The quantitative estimate of drug-likeness (QED) is 0.249. The molecule has 8 nitrogen and oxygen atoms in total. The maximum absolute atomic E-state index is 6.52. The van der Waals surface area contributed by atoms with E-state index in [2.05, 4.69) is 39.6 Å². The van der Waals surface area contributed by atoms with E-state index in [4.69, 9.17) is 23.7 Å². The van der Waals surface area contributed by atoms with Crippen molar-refractivity contribution >= 4 is 22.3 Å². The second-order valence-electron chi connectivity index (χ2n) is 8.96. The molecule has 5 aromatic rings. The molecular formula is C31H27N3O5. The molecular weight excluding hydrogens is 494 g/mol. The fourth-order valence-electron chi connectivity index (χ4n) is 5.16. The third-order valence-corrected chi connectivity index (χ3v) is 6.95. The van der Waals surface area contributed by atoms with Crippen molar-refractivity contribution in [2.45, 2.75) is 5.92 Å². The number of hydrogen-bond donors (Lipinski definition) is 1. The Balaban J connectivity index is 1.61. The van der Waals surface area contributed by atoms with Gasteiger partial charge in [0.2, 0.25) is 11.6 Å². The summed E-state index contributed by atoms with van der Waals surface area (Å²) >= 11 is 0. The average Bonchev–Trinajstić information content (AvgIpc) is 2.99. The van der Waals surface area contributed by atoms with Crippen LogP contribution in [-0.2, 0) is 0 Å². The molecule has 6 rings (SSSR count). The maximum atomic E-state index is 6.52. The molecule has 0 fully saturated rings. The molecule has 1 aromatic heterocycles. The van der Waals surface area contributed by atoms with Crippen LogP contribution >= 0.6 is 0 Å². The van der Waals surface area contributed by atoms with Crippen molar-refractivity contribution in [3.05, 3.63) is 95.8 Å². The van der Waals surface area contributed by atoms with Crippen molar-refractivity contribution in [3.63, 3.8) is 0 Å². The standard InChI is InChI=1S/C31H27N3O5/c1-35-20-12-10-19(11-13-20)34-30-26-25(23-15-16-24(36-2)29(38-4)28(23)37-3)22-14-9-18-7-5-6-8-21(18)27(22)39-31(26)33-17-32-30/h5-17,25H,1-4H3,(H,32,33,34). The third kappa shape index (κ3) is 4.10. The van der Waals surface area contributed by atoms with Gasteiger partial charge in [0.1, 0.15) is 23.6 Å². The van der Waals surface area contributed by atoms with Crippen molar-refractivity contribution in [1.82, 2.24) is 9.97 Å². The van der Waals surface area contributed by atoms with Gasteiger partial charge in [-0.2, -0.15) is 0 Å². The minimum Gasteiger partial charge on any atom is -0.497 e. The molecule has 1 N–H and O–H groups in total. The summed E-state index contributed by atoms with van der Waals surface area (Å²) in [7, 11) is 6.47. The van der Waals surface area contributed by atoms with Crippen molar-refractivity contribution in [2.75, 3.05) is 33.8 Å². The van der Waals surface area contributed by atoms with Gasteiger partial charge in [-0.15, -0.1) is 0 Å². The van der Waals surface area contributed by atoms with E-state index < -0.39 is 0 Å². The Morgan fingerprint density at radius 2 is 1.49 bits per heavy atom. The highest BCUT2D eigenvalue weighted by atomic mass is 16.5. The summed E-state index contributed by atoms with van der Waals surface area (Å²) in [6, 6.07) is 23.9. The number of hydrogen-bond acceptors (Lipinski definition) is 8. The van der Waals surface area contributed by atoms with Crippen LogP contribution in [0.4, 0.5) is 11.5 Å². The van der Waals surface area contributed by atoms with E-state index in [0.29, 0.717) is 28.9 Å². The first-order valence-electron chi connectivity index (χ1n) is 12.4. The van der Waals surface area contributed by atoms with Crippen molar-refractivity contribution in [1.29, 1.82) is 0 Å². The Hall–Kier alpha value is -4.98. The van der Waals surface area contributed by atoms with E-state index in [0.717, 1.165) is 44.6 Å². The monoisotopic (exact) mass is 521 g/mol. The second kappa shape index (κ2) is 10.1. The molecule has 0 saturated carbocycles. The molecule has 1 unspecified atom stereocenters. The van der Waals surface area contributed by atoms with E-state index >= 15 is 0 Å². The van der Waals surface area contributed by atoms with Gasteiger partial charge in [0.05, 0.1) is 39.9 Å². The summed E-state index contributed by atoms with van der Waals surface area (Å²) in [6.45, 7) is 0. The molecule has 2 heterocycles. The number of methoxy groups -OCH3 is 4. The first-order chi connectivity index (χ1) is 19.2. The van der Waals surface area contributed by atoms with E-state index in [-0.39, 0.29) is 5.92 Å². The number of nitrogens with one attached hydrogen (secondary N) is 1. The molecule has 0 radical (unpaired) electrons. The average molecular weight is 522 g/mol. The molecule has 39 heavy (non-hydrogen) atoms. The van der Waals surface area contributed by atoms with Gasteiger partial charge < -0.3 is 29.0 Å². The predicted octanol–water partition coefficient (Wildman–Crippen LogP) is 6.69. The van der Waals surface area contributed by atoms with Crippen molar-refractivity contribution < 1.29 is 23.7 Å². The third-order valence-electron chi connectivity index (χ3n) is 6.95. The van der Waals surface area contributed by atoms with Gasteiger partial charge in [0, 0.05) is 22.2 Å². The minimum absolute atomic E-state index is 0.343. The van der Waals surface area contributed by atoms with Gasteiger partial charge in [-0.3, -0.25) is 0 Å². The van der Waals surface area contributed by atoms with Crippen LogP contribution in [0.1, 0.15) is 22.6 Å². The first kappa shape index (κ1) is 24.4. The number of benzene rings is 4. The minimum atomic E-state index is -0.343. The van der Waals surface area contributed by atoms with Crippen molar-refractivity contribution in [2.24, 2.45) is 0 Å². The van der Waals surface area contributed by atoms with Crippen LogP contribution in [0, 0.1) is 0 Å². The summed E-state index contributed by atoms with van der Waals surface area (Å²) in [5, 5.41) is 5.52. The molecule has 0 saturated heterocycles. The molecule has 4 aromatic carbocycles. The zero-order chi connectivity index (χ0) is 26.9. The van der Waals surface area contributed by atoms with Crippen molar-refractivity contribution in [3.8, 4) is 34.6 Å². The highest BCUT2D eigenvalue weighted by Gasteiger charge is 2.37. The summed E-state index contributed by atoms with van der Waals surface area (Å²) < 4.78 is 29.1. The van der Waals surface area contributed by atoms with Gasteiger partial charge in [0.15, 0.2) is 11.5 Å². The lowest BCUT2D eigenvalue weighted by Crippen LogP contribution is -2.17. The molecule has 0 amide bonds. The van der Waals surface area contributed by atoms with Gasteiger partial charge in [-0.25, -0.2) is 9.97 Å².